The Morgan fingerprint density at radius 2 is 1.80 bits per heavy atom. The molecule has 184 valence electrons. The van der Waals surface area contributed by atoms with Crippen molar-refractivity contribution < 1.29 is 29.5 Å². The number of aliphatic hydroxyl groups excluding tert-OH is 3. The molecule has 0 amide bonds. The van der Waals surface area contributed by atoms with Crippen molar-refractivity contribution >= 4 is 11.6 Å². The van der Waals surface area contributed by atoms with Crippen LogP contribution in [-0.4, -0.2) is 46.8 Å². The van der Waals surface area contributed by atoms with Crippen LogP contribution in [0.15, 0.2) is 66.7 Å². The zero-order valence-corrected chi connectivity index (χ0v) is 20.0. The van der Waals surface area contributed by atoms with E-state index in [0.717, 1.165) is 22.4 Å². The molecule has 1 fully saturated rings. The van der Waals surface area contributed by atoms with Crippen LogP contribution >= 0.6 is 11.6 Å². The lowest BCUT2D eigenvalue weighted by molar-refractivity contribution is -0.181. The average molecular weight is 497 g/mol. The van der Waals surface area contributed by atoms with Crippen LogP contribution in [0.5, 0.6) is 5.75 Å². The van der Waals surface area contributed by atoms with Crippen LogP contribution in [0.4, 0.5) is 0 Å². The molecule has 3 aromatic rings. The summed E-state index contributed by atoms with van der Waals surface area (Å²) in [5.74, 6) is 0.778. The standard InChI is InChI=1S/C28H29ClO6/c29-23-10-7-18(25-13-24(31)28(32)26(14-30)35-25)12-20(23)11-17-5-8-21(9-6-17)33-16-27-22-4-2-1-3-19(22)15-34-27/h1-10,12,24-28,30-32H,11,13-16H2/t24-,25-,26-,27-,28+/m1/s1. The smallest absolute Gasteiger partial charge is 0.119 e. The van der Waals surface area contributed by atoms with Gasteiger partial charge in [0.2, 0.25) is 0 Å². The number of ether oxygens (including phenoxy) is 3. The van der Waals surface area contributed by atoms with E-state index in [9.17, 15) is 15.3 Å². The van der Waals surface area contributed by atoms with Crippen molar-refractivity contribution in [1.82, 2.24) is 0 Å². The summed E-state index contributed by atoms with van der Waals surface area (Å²) in [6.45, 7) is 0.721. The highest BCUT2D eigenvalue weighted by Crippen LogP contribution is 2.34. The number of aliphatic hydroxyl groups is 3. The van der Waals surface area contributed by atoms with Gasteiger partial charge in [-0.2, -0.15) is 0 Å². The summed E-state index contributed by atoms with van der Waals surface area (Å²) in [5.41, 5.74) is 5.26. The first-order valence-corrected chi connectivity index (χ1v) is 12.2. The predicted molar refractivity (Wildman–Crippen MR) is 131 cm³/mol. The van der Waals surface area contributed by atoms with Gasteiger partial charge in [-0.25, -0.2) is 0 Å². The van der Waals surface area contributed by atoms with E-state index in [-0.39, 0.29) is 19.1 Å². The first kappa shape index (κ1) is 24.3. The van der Waals surface area contributed by atoms with Gasteiger partial charge in [-0.3, -0.25) is 0 Å². The minimum atomic E-state index is -1.10. The molecule has 0 unspecified atom stereocenters. The Morgan fingerprint density at radius 3 is 2.60 bits per heavy atom. The molecule has 1 saturated heterocycles. The van der Waals surface area contributed by atoms with E-state index >= 15 is 0 Å². The molecule has 0 radical (unpaired) electrons. The van der Waals surface area contributed by atoms with Crippen molar-refractivity contribution in [2.75, 3.05) is 13.2 Å². The maximum absolute atomic E-state index is 10.2. The van der Waals surface area contributed by atoms with Crippen LogP contribution in [0, 0.1) is 0 Å². The van der Waals surface area contributed by atoms with Gasteiger partial charge >= 0.3 is 0 Å². The van der Waals surface area contributed by atoms with Crippen molar-refractivity contribution in [3.8, 4) is 5.75 Å². The number of hydrogen-bond donors (Lipinski definition) is 3. The van der Waals surface area contributed by atoms with Gasteiger partial charge in [0.1, 0.15) is 30.7 Å². The Bertz CT molecular complexity index is 1150. The van der Waals surface area contributed by atoms with Crippen molar-refractivity contribution in [1.29, 1.82) is 0 Å². The minimum Gasteiger partial charge on any atom is -0.491 e. The minimum absolute atomic E-state index is 0.0560. The second kappa shape index (κ2) is 10.7. The van der Waals surface area contributed by atoms with E-state index in [4.69, 9.17) is 25.8 Å². The topological polar surface area (TPSA) is 88.4 Å². The molecule has 2 aliphatic heterocycles. The SMILES string of the molecule is OC[C@H]1O[C@@H](c2ccc(Cl)c(Cc3ccc(OC[C@H]4OCc5ccccc54)cc3)c2)C[C@@H](O)[C@@H]1O. The number of rotatable bonds is 7. The van der Waals surface area contributed by atoms with Crippen molar-refractivity contribution in [3.05, 3.63) is 99.6 Å². The van der Waals surface area contributed by atoms with Crippen LogP contribution in [0.3, 0.4) is 0 Å². The zero-order valence-electron chi connectivity index (χ0n) is 19.2. The first-order valence-electron chi connectivity index (χ1n) is 11.8. The summed E-state index contributed by atoms with van der Waals surface area (Å²) >= 11 is 6.48. The van der Waals surface area contributed by atoms with E-state index in [0.29, 0.717) is 24.7 Å². The Balaban J connectivity index is 1.23. The van der Waals surface area contributed by atoms with Gasteiger partial charge in [-0.15, -0.1) is 0 Å². The van der Waals surface area contributed by atoms with Gasteiger partial charge in [0.05, 0.1) is 25.4 Å². The van der Waals surface area contributed by atoms with E-state index in [2.05, 4.69) is 12.1 Å². The Morgan fingerprint density at radius 1 is 1.00 bits per heavy atom. The van der Waals surface area contributed by atoms with Crippen molar-refractivity contribution in [2.45, 2.75) is 50.0 Å². The lowest BCUT2D eigenvalue weighted by Crippen LogP contribution is -2.47. The van der Waals surface area contributed by atoms with Crippen LogP contribution in [-0.2, 0) is 22.5 Å². The summed E-state index contributed by atoms with van der Waals surface area (Å²) in [5, 5.41) is 30.3. The predicted octanol–water partition coefficient (Wildman–Crippen LogP) is 4.13. The summed E-state index contributed by atoms with van der Waals surface area (Å²) in [6.07, 6.45) is -2.49. The van der Waals surface area contributed by atoms with Gasteiger partial charge in [-0.05, 0) is 52.4 Å². The molecule has 7 heteroatoms. The Kier molecular flexibility index (Phi) is 7.39. The maximum atomic E-state index is 10.2. The lowest BCUT2D eigenvalue weighted by Gasteiger charge is -2.36. The van der Waals surface area contributed by atoms with Gasteiger partial charge in [0, 0.05) is 11.4 Å². The Hall–Kier alpha value is -2.45. The molecule has 2 aliphatic rings. The third kappa shape index (κ3) is 5.38. The molecule has 0 bridgehead atoms. The monoisotopic (exact) mass is 496 g/mol. The third-order valence-corrected chi connectivity index (χ3v) is 7.12. The second-order valence-corrected chi connectivity index (χ2v) is 9.53. The molecular formula is C28H29ClO6. The summed E-state index contributed by atoms with van der Waals surface area (Å²) in [4.78, 5) is 0. The first-order chi connectivity index (χ1) is 17.0. The van der Waals surface area contributed by atoms with Crippen LogP contribution < -0.4 is 4.74 Å². The molecule has 2 heterocycles. The normalized spacial score (nSPS) is 25.9. The molecule has 5 atom stereocenters. The van der Waals surface area contributed by atoms with Crippen LogP contribution in [0.25, 0.3) is 0 Å². The van der Waals surface area contributed by atoms with Crippen molar-refractivity contribution in [2.24, 2.45) is 0 Å². The molecule has 0 aliphatic carbocycles. The number of halogens is 1. The zero-order chi connectivity index (χ0) is 24.4. The highest BCUT2D eigenvalue weighted by Gasteiger charge is 2.37. The average Bonchev–Trinajstić information content (AvgIpc) is 3.29. The lowest BCUT2D eigenvalue weighted by atomic mass is 9.92. The Labute approximate surface area is 209 Å². The van der Waals surface area contributed by atoms with E-state index in [1.165, 1.54) is 11.1 Å². The van der Waals surface area contributed by atoms with Gasteiger partial charge < -0.3 is 29.5 Å². The number of fused-ring (bicyclic) bond motifs is 1. The highest BCUT2D eigenvalue weighted by atomic mass is 35.5. The molecule has 0 saturated carbocycles. The van der Waals surface area contributed by atoms with E-state index < -0.39 is 24.4 Å². The van der Waals surface area contributed by atoms with E-state index in [1.54, 1.807) is 0 Å². The van der Waals surface area contributed by atoms with Crippen LogP contribution in [0.2, 0.25) is 5.02 Å². The molecule has 35 heavy (non-hydrogen) atoms. The molecule has 6 nitrogen and oxygen atoms in total. The fourth-order valence-electron chi connectivity index (χ4n) is 4.74. The fraction of sp³-hybridized carbons (Fsp3) is 0.357. The highest BCUT2D eigenvalue weighted by molar-refractivity contribution is 6.31. The second-order valence-electron chi connectivity index (χ2n) is 9.12. The third-order valence-electron chi connectivity index (χ3n) is 6.75. The van der Waals surface area contributed by atoms with Gasteiger partial charge in [0.15, 0.2) is 0 Å². The van der Waals surface area contributed by atoms with Gasteiger partial charge in [0.25, 0.3) is 0 Å². The molecule has 3 N–H and O–H groups in total. The summed E-state index contributed by atoms with van der Waals surface area (Å²) in [6, 6.07) is 21.8. The number of benzene rings is 3. The number of hydrogen-bond acceptors (Lipinski definition) is 6. The van der Waals surface area contributed by atoms with Crippen molar-refractivity contribution in [3.63, 3.8) is 0 Å². The molecule has 0 aromatic heterocycles. The molecule has 0 spiro atoms. The fourth-order valence-corrected chi connectivity index (χ4v) is 4.93. The molecule has 3 aromatic carbocycles. The summed E-state index contributed by atoms with van der Waals surface area (Å²) in [7, 11) is 0. The van der Waals surface area contributed by atoms with E-state index in [1.807, 2.05) is 54.6 Å². The van der Waals surface area contributed by atoms with Crippen LogP contribution in [0.1, 0.15) is 46.4 Å². The van der Waals surface area contributed by atoms with Gasteiger partial charge in [-0.1, -0.05) is 60.1 Å². The molecular weight excluding hydrogens is 468 g/mol. The molecule has 5 rings (SSSR count). The quantitative estimate of drug-likeness (QED) is 0.456. The largest absolute Gasteiger partial charge is 0.491 e. The summed E-state index contributed by atoms with van der Waals surface area (Å²) < 4.78 is 17.7. The maximum Gasteiger partial charge on any atom is 0.119 e.